The molecule has 0 amide bonds. The fourth-order valence-corrected chi connectivity index (χ4v) is 11.2. The molecule has 0 N–H and O–H groups in total. The Kier molecular flexibility index (Phi) is 6.56. The smallest absolute Gasteiger partial charge is 0.302 e. The fraction of sp³-hybridized carbons (Fsp3) is 0.882. The van der Waals surface area contributed by atoms with Crippen molar-refractivity contribution in [1.82, 2.24) is 0 Å². The number of allylic oxidation sites excluding steroid dienone is 2. The van der Waals surface area contributed by atoms with E-state index in [0.717, 1.165) is 25.7 Å². The van der Waals surface area contributed by atoms with Crippen LogP contribution in [0.1, 0.15) is 127 Å². The van der Waals surface area contributed by atoms with E-state index in [1.54, 1.807) is 12.5 Å². The molecule has 0 bridgehead atoms. The highest BCUT2D eigenvalue weighted by molar-refractivity contribution is 5.66. The van der Waals surface area contributed by atoms with Crippen molar-refractivity contribution < 1.29 is 19.1 Å². The summed E-state index contributed by atoms with van der Waals surface area (Å²) in [5.74, 6) is 1.51. The van der Waals surface area contributed by atoms with Gasteiger partial charge in [0.1, 0.15) is 6.10 Å². The lowest BCUT2D eigenvalue weighted by molar-refractivity contribution is -0.212. The summed E-state index contributed by atoms with van der Waals surface area (Å²) >= 11 is 0. The molecule has 0 saturated heterocycles. The van der Waals surface area contributed by atoms with Crippen LogP contribution < -0.4 is 0 Å². The van der Waals surface area contributed by atoms with Gasteiger partial charge in [-0.1, -0.05) is 60.1 Å². The van der Waals surface area contributed by atoms with Gasteiger partial charge in [-0.3, -0.25) is 9.59 Å². The van der Waals surface area contributed by atoms with E-state index in [4.69, 9.17) is 9.47 Å². The molecule has 5 rings (SSSR count). The third-order valence-electron chi connectivity index (χ3n) is 13.8. The van der Waals surface area contributed by atoms with Gasteiger partial charge in [0.15, 0.2) is 0 Å². The lowest BCUT2D eigenvalue weighted by Gasteiger charge is -2.71. The van der Waals surface area contributed by atoms with Crippen molar-refractivity contribution in [3.63, 3.8) is 0 Å². The number of fused-ring (bicyclic) bond motifs is 7. The molecular weight excluding hydrogens is 472 g/mol. The molecule has 4 saturated carbocycles. The second-order valence-corrected chi connectivity index (χ2v) is 16.3. The molecule has 5 aliphatic carbocycles. The second-order valence-electron chi connectivity index (χ2n) is 16.3. The average Bonchev–Trinajstić information content (AvgIpc) is 2.81. The van der Waals surface area contributed by atoms with Crippen molar-refractivity contribution in [2.45, 2.75) is 133 Å². The van der Waals surface area contributed by atoms with Gasteiger partial charge in [-0.2, -0.15) is 0 Å². The maximum Gasteiger partial charge on any atom is 0.302 e. The molecule has 0 unspecified atom stereocenters. The fourth-order valence-electron chi connectivity index (χ4n) is 11.2. The number of hydrogen-bond donors (Lipinski definition) is 0. The van der Waals surface area contributed by atoms with Gasteiger partial charge in [0, 0.05) is 24.7 Å². The number of carbonyl (C=O) groups excluding carboxylic acids is 2. The number of esters is 2. The van der Waals surface area contributed by atoms with Crippen LogP contribution in [-0.2, 0) is 19.1 Å². The van der Waals surface area contributed by atoms with Crippen molar-refractivity contribution in [1.29, 1.82) is 0 Å². The van der Waals surface area contributed by atoms with E-state index < -0.39 is 0 Å². The SMILES string of the molecule is CC(=O)OC[C@]1(C)CC[C@]2(C)CC[C@]3(C)C(=CC[C@@H]4[C@@]5(C)CC[C@H](OC(C)=O)C(C)(C)[C@@H]5CC[C@]43C)[C@H]2C1. The Hall–Kier alpha value is -1.32. The maximum absolute atomic E-state index is 11.9. The Bertz CT molecular complexity index is 1030. The van der Waals surface area contributed by atoms with Crippen molar-refractivity contribution >= 4 is 11.9 Å². The van der Waals surface area contributed by atoms with Crippen LogP contribution in [0, 0.1) is 50.2 Å². The maximum atomic E-state index is 11.9. The summed E-state index contributed by atoms with van der Waals surface area (Å²) < 4.78 is 11.5. The minimum Gasteiger partial charge on any atom is -0.465 e. The lowest BCUT2D eigenvalue weighted by atomic mass is 9.33. The first-order valence-corrected chi connectivity index (χ1v) is 15.5. The highest BCUT2D eigenvalue weighted by atomic mass is 16.5. The van der Waals surface area contributed by atoms with Gasteiger partial charge in [-0.25, -0.2) is 0 Å². The first-order chi connectivity index (χ1) is 17.5. The van der Waals surface area contributed by atoms with Gasteiger partial charge < -0.3 is 9.47 Å². The molecule has 0 aliphatic heterocycles. The molecule has 0 radical (unpaired) electrons. The van der Waals surface area contributed by atoms with Gasteiger partial charge in [0.2, 0.25) is 0 Å². The van der Waals surface area contributed by atoms with Crippen LogP contribution in [0.2, 0.25) is 0 Å². The van der Waals surface area contributed by atoms with Crippen molar-refractivity contribution in [2.75, 3.05) is 6.61 Å². The third-order valence-corrected chi connectivity index (χ3v) is 13.8. The first-order valence-electron chi connectivity index (χ1n) is 15.5. The summed E-state index contributed by atoms with van der Waals surface area (Å²) in [7, 11) is 0. The molecule has 5 aliphatic rings. The summed E-state index contributed by atoms with van der Waals surface area (Å²) in [5, 5.41) is 0. The summed E-state index contributed by atoms with van der Waals surface area (Å²) in [6, 6.07) is 0. The van der Waals surface area contributed by atoms with E-state index in [2.05, 4.69) is 54.5 Å². The Labute approximate surface area is 232 Å². The number of ether oxygens (including phenoxy) is 2. The molecule has 0 aromatic rings. The highest BCUT2D eigenvalue weighted by Crippen LogP contribution is 2.75. The second kappa shape index (κ2) is 8.84. The molecule has 4 fully saturated rings. The van der Waals surface area contributed by atoms with Crippen LogP contribution in [0.4, 0.5) is 0 Å². The number of carbonyl (C=O) groups is 2. The summed E-state index contributed by atoms with van der Waals surface area (Å²) in [4.78, 5) is 23.6. The summed E-state index contributed by atoms with van der Waals surface area (Å²) in [5.41, 5.74) is 2.91. The van der Waals surface area contributed by atoms with Crippen LogP contribution in [0.25, 0.3) is 0 Å². The average molecular weight is 527 g/mol. The molecule has 214 valence electrons. The van der Waals surface area contributed by atoms with Gasteiger partial charge in [0.05, 0.1) is 6.61 Å². The third kappa shape index (κ3) is 3.96. The van der Waals surface area contributed by atoms with Gasteiger partial charge >= 0.3 is 11.9 Å². The molecular formula is C34H54O4. The Morgan fingerprint density at radius 3 is 2.18 bits per heavy atom. The molecule has 0 aromatic heterocycles. The van der Waals surface area contributed by atoms with E-state index >= 15 is 0 Å². The predicted octanol–water partition coefficient (Wildman–Crippen LogP) is 8.28. The normalized spacial score (nSPS) is 49.3. The molecule has 0 heterocycles. The lowest BCUT2D eigenvalue weighted by Crippen LogP contribution is -2.64. The Balaban J connectivity index is 1.49. The van der Waals surface area contributed by atoms with Crippen molar-refractivity contribution in [3.8, 4) is 0 Å². The molecule has 4 heteroatoms. The molecule has 38 heavy (non-hydrogen) atoms. The molecule has 0 spiro atoms. The number of rotatable bonds is 3. The van der Waals surface area contributed by atoms with Gasteiger partial charge in [0.25, 0.3) is 0 Å². The van der Waals surface area contributed by atoms with Crippen LogP contribution in [0.5, 0.6) is 0 Å². The predicted molar refractivity (Wildman–Crippen MR) is 151 cm³/mol. The molecule has 4 nitrogen and oxygen atoms in total. The Morgan fingerprint density at radius 2 is 1.53 bits per heavy atom. The highest BCUT2D eigenvalue weighted by Gasteiger charge is 2.68. The quantitative estimate of drug-likeness (QED) is 0.274. The summed E-state index contributed by atoms with van der Waals surface area (Å²) in [6.45, 7) is 21.2. The zero-order valence-electron chi connectivity index (χ0n) is 25.8. The number of hydrogen-bond acceptors (Lipinski definition) is 4. The molecule has 9 atom stereocenters. The van der Waals surface area contributed by atoms with Crippen LogP contribution in [0.15, 0.2) is 11.6 Å². The first kappa shape index (κ1) is 28.2. The zero-order chi connectivity index (χ0) is 27.9. The van der Waals surface area contributed by atoms with E-state index in [0.29, 0.717) is 29.8 Å². The topological polar surface area (TPSA) is 52.6 Å². The largest absolute Gasteiger partial charge is 0.465 e. The monoisotopic (exact) mass is 526 g/mol. The van der Waals surface area contributed by atoms with Gasteiger partial charge in [-0.05, 0) is 104 Å². The summed E-state index contributed by atoms with van der Waals surface area (Å²) in [6.07, 6.45) is 14.6. The van der Waals surface area contributed by atoms with Crippen LogP contribution in [-0.4, -0.2) is 24.6 Å². The van der Waals surface area contributed by atoms with Crippen molar-refractivity contribution in [3.05, 3.63) is 11.6 Å². The van der Waals surface area contributed by atoms with Crippen LogP contribution in [0.3, 0.4) is 0 Å². The molecule has 0 aromatic carbocycles. The standard InChI is InChI=1S/C34H54O4/c1-22(35)37-21-30(5)16-17-31(6)18-19-33(8)24(25(31)20-30)10-11-27-32(7)14-13-28(38-23(2)36)29(3,4)26(32)12-15-34(27,33)9/h10,25-28H,11-21H2,1-9H3/t25-,26+,27-,28+,30-,31-,32+,33-,34-/m1/s1. The van der Waals surface area contributed by atoms with E-state index in [9.17, 15) is 9.59 Å². The zero-order valence-corrected chi connectivity index (χ0v) is 25.8. The minimum absolute atomic E-state index is 0.00205. The van der Waals surface area contributed by atoms with Crippen LogP contribution >= 0.6 is 0 Å². The van der Waals surface area contributed by atoms with Crippen molar-refractivity contribution in [2.24, 2.45) is 50.2 Å². The van der Waals surface area contributed by atoms with Gasteiger partial charge in [-0.15, -0.1) is 0 Å². The van der Waals surface area contributed by atoms with E-state index in [1.165, 1.54) is 45.4 Å². The van der Waals surface area contributed by atoms with E-state index in [1.807, 2.05) is 0 Å². The Morgan fingerprint density at radius 1 is 0.842 bits per heavy atom. The van der Waals surface area contributed by atoms with E-state index in [-0.39, 0.29) is 45.1 Å². The minimum atomic E-state index is -0.156.